The third-order valence-corrected chi connectivity index (χ3v) is 3.84. The minimum atomic E-state index is 0.721. The van der Waals surface area contributed by atoms with Crippen molar-refractivity contribution in [2.45, 2.75) is 40.0 Å². The molecule has 0 amide bonds. The maximum atomic E-state index is 2.38. The molecule has 0 N–H and O–H groups in total. The highest BCUT2D eigenvalue weighted by Crippen LogP contribution is 2.31. The fourth-order valence-electron chi connectivity index (χ4n) is 2.29. The summed E-state index contributed by atoms with van der Waals surface area (Å²) in [7, 11) is 0. The molecule has 0 fully saturated rings. The molecule has 0 bridgehead atoms. The standard InChI is InChI=1S/C17H22/c1-4-13(3)16-10-11-17(12-16)15-8-6-14(5-2)7-9-15/h6-9,11-13H,4-5,10H2,1-3H3. The number of benzene rings is 1. The molecule has 0 heterocycles. The van der Waals surface area contributed by atoms with Crippen LogP contribution in [0.25, 0.3) is 5.57 Å². The van der Waals surface area contributed by atoms with E-state index in [-0.39, 0.29) is 0 Å². The molecule has 0 aliphatic heterocycles. The third-order valence-electron chi connectivity index (χ3n) is 3.84. The Morgan fingerprint density at radius 1 is 1.12 bits per heavy atom. The normalized spacial score (nSPS) is 16.6. The van der Waals surface area contributed by atoms with Gasteiger partial charge in [0.2, 0.25) is 0 Å². The van der Waals surface area contributed by atoms with Crippen molar-refractivity contribution >= 4 is 5.57 Å². The van der Waals surface area contributed by atoms with Gasteiger partial charge in [0.15, 0.2) is 0 Å². The largest absolute Gasteiger partial charge is 0.0726 e. The first-order valence-electron chi connectivity index (χ1n) is 6.74. The van der Waals surface area contributed by atoms with Gasteiger partial charge in [-0.2, -0.15) is 0 Å². The van der Waals surface area contributed by atoms with Crippen molar-refractivity contribution in [2.24, 2.45) is 5.92 Å². The lowest BCUT2D eigenvalue weighted by atomic mass is 9.97. The second kappa shape index (κ2) is 5.35. The molecule has 90 valence electrons. The van der Waals surface area contributed by atoms with Crippen LogP contribution in [-0.4, -0.2) is 0 Å². The van der Waals surface area contributed by atoms with E-state index < -0.39 is 0 Å². The summed E-state index contributed by atoms with van der Waals surface area (Å²) in [4.78, 5) is 0. The maximum Gasteiger partial charge on any atom is -0.0124 e. The molecule has 1 atom stereocenters. The zero-order chi connectivity index (χ0) is 12.3. The van der Waals surface area contributed by atoms with Crippen molar-refractivity contribution in [3.8, 4) is 0 Å². The first-order chi connectivity index (χ1) is 8.24. The summed E-state index contributed by atoms with van der Waals surface area (Å²) in [5.41, 5.74) is 5.77. The van der Waals surface area contributed by atoms with Crippen molar-refractivity contribution in [3.63, 3.8) is 0 Å². The summed E-state index contributed by atoms with van der Waals surface area (Å²) >= 11 is 0. The minimum absolute atomic E-state index is 0.721. The molecule has 0 radical (unpaired) electrons. The van der Waals surface area contributed by atoms with Crippen LogP contribution >= 0.6 is 0 Å². The summed E-state index contributed by atoms with van der Waals surface area (Å²) in [6.45, 7) is 6.78. The number of hydrogen-bond acceptors (Lipinski definition) is 0. The van der Waals surface area contributed by atoms with Crippen LogP contribution in [0.3, 0.4) is 0 Å². The predicted molar refractivity (Wildman–Crippen MR) is 76.0 cm³/mol. The van der Waals surface area contributed by atoms with Crippen molar-refractivity contribution in [1.82, 2.24) is 0 Å². The number of rotatable bonds is 4. The number of hydrogen-bond donors (Lipinski definition) is 0. The molecule has 0 saturated heterocycles. The van der Waals surface area contributed by atoms with E-state index in [9.17, 15) is 0 Å². The lowest BCUT2D eigenvalue weighted by Gasteiger charge is -2.08. The second-order valence-corrected chi connectivity index (χ2v) is 4.94. The lowest BCUT2D eigenvalue weighted by Crippen LogP contribution is -1.94. The van der Waals surface area contributed by atoms with Crippen LogP contribution in [-0.2, 0) is 6.42 Å². The highest BCUT2D eigenvalue weighted by Gasteiger charge is 2.12. The van der Waals surface area contributed by atoms with Gasteiger partial charge in [-0.3, -0.25) is 0 Å². The average Bonchev–Trinajstić information content (AvgIpc) is 2.87. The second-order valence-electron chi connectivity index (χ2n) is 4.94. The molecule has 0 saturated carbocycles. The summed E-state index contributed by atoms with van der Waals surface area (Å²) in [6, 6.07) is 8.98. The molecular weight excluding hydrogens is 204 g/mol. The van der Waals surface area contributed by atoms with Crippen LogP contribution < -0.4 is 0 Å². The molecule has 1 aliphatic rings. The van der Waals surface area contributed by atoms with Crippen molar-refractivity contribution in [1.29, 1.82) is 0 Å². The highest BCUT2D eigenvalue weighted by atomic mass is 14.2. The zero-order valence-corrected chi connectivity index (χ0v) is 11.2. The van der Waals surface area contributed by atoms with Crippen LogP contribution in [0.2, 0.25) is 0 Å². The van der Waals surface area contributed by atoms with Gasteiger partial charge >= 0.3 is 0 Å². The van der Waals surface area contributed by atoms with Crippen LogP contribution in [0.5, 0.6) is 0 Å². The quantitative estimate of drug-likeness (QED) is 0.677. The Morgan fingerprint density at radius 3 is 2.41 bits per heavy atom. The first kappa shape index (κ1) is 12.2. The third kappa shape index (κ3) is 2.69. The molecule has 1 aromatic carbocycles. The van der Waals surface area contributed by atoms with Gasteiger partial charge in [0, 0.05) is 0 Å². The SMILES string of the molecule is CCc1ccc(C2=CCC(C(C)CC)=C2)cc1. The van der Waals surface area contributed by atoms with Crippen LogP contribution in [0, 0.1) is 5.92 Å². The Bertz CT molecular complexity index is 432. The summed E-state index contributed by atoms with van der Waals surface area (Å²) in [5.74, 6) is 0.721. The van der Waals surface area contributed by atoms with E-state index in [0.29, 0.717) is 0 Å². The van der Waals surface area contributed by atoms with Crippen LogP contribution in [0.15, 0.2) is 42.0 Å². The molecule has 2 rings (SSSR count). The van der Waals surface area contributed by atoms with E-state index in [1.54, 1.807) is 5.57 Å². The Morgan fingerprint density at radius 2 is 1.82 bits per heavy atom. The highest BCUT2D eigenvalue weighted by molar-refractivity contribution is 5.77. The monoisotopic (exact) mass is 226 g/mol. The van der Waals surface area contributed by atoms with Crippen LogP contribution in [0.1, 0.15) is 44.7 Å². The molecule has 0 aromatic heterocycles. The molecule has 1 unspecified atom stereocenters. The fraction of sp³-hybridized carbons (Fsp3) is 0.412. The van der Waals surface area contributed by atoms with E-state index >= 15 is 0 Å². The molecule has 1 aromatic rings. The van der Waals surface area contributed by atoms with Crippen molar-refractivity contribution < 1.29 is 0 Å². The molecule has 0 nitrogen and oxygen atoms in total. The average molecular weight is 226 g/mol. The van der Waals surface area contributed by atoms with E-state index in [1.165, 1.54) is 23.1 Å². The van der Waals surface area contributed by atoms with E-state index in [4.69, 9.17) is 0 Å². The van der Waals surface area contributed by atoms with Gasteiger partial charge in [-0.15, -0.1) is 0 Å². The Balaban J connectivity index is 2.16. The minimum Gasteiger partial charge on any atom is -0.0726 e. The van der Waals surface area contributed by atoms with Crippen LogP contribution in [0.4, 0.5) is 0 Å². The fourth-order valence-corrected chi connectivity index (χ4v) is 2.29. The van der Waals surface area contributed by atoms with Gasteiger partial charge in [0.1, 0.15) is 0 Å². The smallest absolute Gasteiger partial charge is 0.0124 e. The Hall–Kier alpha value is -1.30. The zero-order valence-electron chi connectivity index (χ0n) is 11.2. The predicted octanol–water partition coefficient (Wildman–Crippen LogP) is 5.01. The van der Waals surface area contributed by atoms with Gasteiger partial charge in [-0.05, 0) is 41.9 Å². The summed E-state index contributed by atoms with van der Waals surface area (Å²) < 4.78 is 0. The molecule has 0 heteroatoms. The van der Waals surface area contributed by atoms with Crippen molar-refractivity contribution in [3.05, 3.63) is 53.1 Å². The Kier molecular flexibility index (Phi) is 3.83. The maximum absolute atomic E-state index is 2.38. The van der Waals surface area contributed by atoms with E-state index in [2.05, 4.69) is 57.2 Å². The lowest BCUT2D eigenvalue weighted by molar-refractivity contribution is 0.646. The van der Waals surface area contributed by atoms with E-state index in [0.717, 1.165) is 18.8 Å². The first-order valence-corrected chi connectivity index (χ1v) is 6.74. The molecule has 17 heavy (non-hydrogen) atoms. The van der Waals surface area contributed by atoms with Gasteiger partial charge in [0.25, 0.3) is 0 Å². The number of aryl methyl sites for hydroxylation is 1. The number of allylic oxidation sites excluding steroid dienone is 4. The summed E-state index contributed by atoms with van der Waals surface area (Å²) in [6.07, 6.45) is 8.24. The van der Waals surface area contributed by atoms with E-state index in [1.807, 2.05) is 0 Å². The van der Waals surface area contributed by atoms with Gasteiger partial charge in [0.05, 0.1) is 0 Å². The van der Waals surface area contributed by atoms with Gasteiger partial charge in [-0.25, -0.2) is 0 Å². The molecule has 0 spiro atoms. The molecular formula is C17H22. The topological polar surface area (TPSA) is 0 Å². The van der Waals surface area contributed by atoms with Crippen molar-refractivity contribution in [2.75, 3.05) is 0 Å². The molecule has 1 aliphatic carbocycles. The summed E-state index contributed by atoms with van der Waals surface area (Å²) in [5, 5.41) is 0. The van der Waals surface area contributed by atoms with Gasteiger partial charge in [-0.1, -0.05) is 62.8 Å². The Labute approximate surface area is 105 Å². The van der Waals surface area contributed by atoms with Gasteiger partial charge < -0.3 is 0 Å².